The first kappa shape index (κ1) is 29.7. The van der Waals surface area contributed by atoms with Gasteiger partial charge in [0, 0.05) is 54.6 Å². The van der Waals surface area contributed by atoms with Crippen LogP contribution in [-0.4, -0.2) is 74.2 Å². The Kier molecular flexibility index (Phi) is 9.01. The molecule has 1 aliphatic heterocycles. The number of ether oxygens (including phenoxy) is 2. The van der Waals surface area contributed by atoms with Gasteiger partial charge in [0.2, 0.25) is 5.91 Å². The minimum absolute atomic E-state index is 0.0425. The van der Waals surface area contributed by atoms with E-state index in [4.69, 9.17) is 9.47 Å². The van der Waals surface area contributed by atoms with Gasteiger partial charge in [-0.25, -0.2) is 0 Å². The van der Waals surface area contributed by atoms with Crippen LogP contribution >= 0.6 is 0 Å². The number of likely N-dealkylation sites (N-methyl/N-ethyl adjacent to an activating group) is 1. The van der Waals surface area contributed by atoms with E-state index in [1.54, 1.807) is 36.4 Å². The van der Waals surface area contributed by atoms with Crippen molar-refractivity contribution in [3.8, 4) is 23.0 Å². The van der Waals surface area contributed by atoms with Crippen LogP contribution in [0.3, 0.4) is 0 Å². The van der Waals surface area contributed by atoms with E-state index in [2.05, 4.69) is 28.2 Å². The number of benzene rings is 3. The lowest BCUT2D eigenvalue weighted by atomic mass is 9.79. The molecule has 3 N–H and O–H groups in total. The summed E-state index contributed by atoms with van der Waals surface area (Å²) in [6, 6.07) is 17.7. The molecule has 0 atom stereocenters. The standard InChI is InChI=1S/C34H37N3O6/c1-36-11-13-37(14-12-36)28-6-4-5-27(21-28)35-34(41)26-19-24(15-22-7-9-31(42-2)29(38)17-22)33(40)25(20-26)16-23-8-10-32(43-3)30(39)18-23/h4-10,15-18,21,26,38-39H,11-14,19-20H2,1-3H3,(H,35,41)/b24-15+,25-16+. The highest BCUT2D eigenvalue weighted by Gasteiger charge is 2.32. The van der Waals surface area contributed by atoms with Crippen LogP contribution < -0.4 is 19.7 Å². The van der Waals surface area contributed by atoms with Gasteiger partial charge in [-0.2, -0.15) is 0 Å². The first-order valence-corrected chi connectivity index (χ1v) is 14.3. The van der Waals surface area contributed by atoms with Crippen molar-refractivity contribution in [1.29, 1.82) is 0 Å². The third-order valence-corrected chi connectivity index (χ3v) is 7.96. The second-order valence-corrected chi connectivity index (χ2v) is 11.0. The number of Topliss-reactive ketones (excluding diaryl/α,β-unsaturated/α-hetero) is 1. The number of ketones is 1. The van der Waals surface area contributed by atoms with Gasteiger partial charge in [0.25, 0.3) is 0 Å². The minimum Gasteiger partial charge on any atom is -0.504 e. The number of anilines is 2. The Morgan fingerprint density at radius 3 is 1.91 bits per heavy atom. The van der Waals surface area contributed by atoms with Crippen LogP contribution in [0.15, 0.2) is 71.8 Å². The molecule has 9 heteroatoms. The predicted molar refractivity (Wildman–Crippen MR) is 168 cm³/mol. The number of allylic oxidation sites excluding steroid dienone is 2. The lowest BCUT2D eigenvalue weighted by Crippen LogP contribution is -2.44. The third-order valence-electron chi connectivity index (χ3n) is 7.96. The molecule has 9 nitrogen and oxygen atoms in total. The Labute approximate surface area is 251 Å². The number of carbonyl (C=O) groups is 2. The van der Waals surface area contributed by atoms with Crippen LogP contribution in [0.5, 0.6) is 23.0 Å². The highest BCUT2D eigenvalue weighted by Crippen LogP contribution is 2.36. The number of phenolic OH excluding ortho intramolecular Hbond substituents is 2. The SMILES string of the molecule is COc1ccc(/C=C2\CC(C(=O)Nc3cccc(N4CCN(C)CC4)c3)C/C(=C\c3ccc(OC)c(O)c3)C2=O)cc1O. The van der Waals surface area contributed by atoms with E-state index in [1.165, 1.54) is 26.4 Å². The molecule has 5 rings (SSSR count). The summed E-state index contributed by atoms with van der Waals surface area (Å²) in [4.78, 5) is 31.9. The number of hydrogen-bond acceptors (Lipinski definition) is 8. The Morgan fingerprint density at radius 1 is 0.837 bits per heavy atom. The minimum atomic E-state index is -0.513. The van der Waals surface area contributed by atoms with Gasteiger partial charge in [-0.1, -0.05) is 18.2 Å². The molecule has 1 saturated carbocycles. The molecule has 0 unspecified atom stereocenters. The fourth-order valence-electron chi connectivity index (χ4n) is 5.51. The molecule has 0 radical (unpaired) electrons. The summed E-state index contributed by atoms with van der Waals surface area (Å²) in [6.45, 7) is 3.80. The van der Waals surface area contributed by atoms with Crippen molar-refractivity contribution in [2.75, 3.05) is 57.7 Å². The molecular formula is C34H37N3O6. The van der Waals surface area contributed by atoms with Crippen LogP contribution in [-0.2, 0) is 9.59 Å². The summed E-state index contributed by atoms with van der Waals surface area (Å²) in [5.41, 5.74) is 3.89. The van der Waals surface area contributed by atoms with E-state index in [0.717, 1.165) is 31.9 Å². The summed E-state index contributed by atoms with van der Waals surface area (Å²) in [6.07, 6.45) is 3.88. The van der Waals surface area contributed by atoms with Crippen molar-refractivity contribution in [2.45, 2.75) is 12.8 Å². The summed E-state index contributed by atoms with van der Waals surface area (Å²) in [7, 11) is 5.05. The number of rotatable bonds is 7. The third kappa shape index (κ3) is 7.01. The summed E-state index contributed by atoms with van der Waals surface area (Å²) in [5, 5.41) is 23.6. The second kappa shape index (κ2) is 13.0. The number of nitrogens with one attached hydrogen (secondary N) is 1. The molecule has 0 spiro atoms. The largest absolute Gasteiger partial charge is 0.504 e. The topological polar surface area (TPSA) is 112 Å². The van der Waals surface area contributed by atoms with E-state index in [9.17, 15) is 19.8 Å². The Balaban J connectivity index is 1.43. The van der Waals surface area contributed by atoms with Crippen LogP contribution in [0.1, 0.15) is 24.0 Å². The molecule has 0 aromatic heterocycles. The number of amides is 1. The molecule has 1 aliphatic carbocycles. The molecule has 1 heterocycles. The van der Waals surface area contributed by atoms with Crippen molar-refractivity contribution in [2.24, 2.45) is 5.92 Å². The Bertz CT molecular complexity index is 1500. The van der Waals surface area contributed by atoms with Gasteiger partial charge in [0.1, 0.15) is 0 Å². The maximum absolute atomic E-state index is 13.7. The fourth-order valence-corrected chi connectivity index (χ4v) is 5.51. The van der Waals surface area contributed by atoms with Crippen molar-refractivity contribution < 1.29 is 29.3 Å². The normalized spacial score (nSPS) is 19.5. The number of nitrogens with zero attached hydrogens (tertiary/aromatic N) is 2. The molecular weight excluding hydrogens is 546 g/mol. The van der Waals surface area contributed by atoms with Gasteiger partial charge in [-0.3, -0.25) is 9.59 Å². The van der Waals surface area contributed by atoms with Gasteiger partial charge < -0.3 is 34.8 Å². The van der Waals surface area contributed by atoms with Crippen molar-refractivity contribution in [3.63, 3.8) is 0 Å². The zero-order chi connectivity index (χ0) is 30.5. The van der Waals surface area contributed by atoms with Gasteiger partial charge in [-0.15, -0.1) is 0 Å². The molecule has 1 saturated heterocycles. The van der Waals surface area contributed by atoms with Gasteiger partial charge in [0.05, 0.1) is 14.2 Å². The Hall–Kier alpha value is -4.76. The smallest absolute Gasteiger partial charge is 0.228 e. The molecule has 0 bridgehead atoms. The van der Waals surface area contributed by atoms with Gasteiger partial charge in [-0.05, 0) is 85.6 Å². The summed E-state index contributed by atoms with van der Waals surface area (Å²) in [5.74, 6) is -0.317. The van der Waals surface area contributed by atoms with Crippen LogP contribution in [0.2, 0.25) is 0 Å². The quantitative estimate of drug-likeness (QED) is 0.335. The van der Waals surface area contributed by atoms with Gasteiger partial charge >= 0.3 is 0 Å². The number of phenols is 2. The molecule has 3 aromatic rings. The zero-order valence-electron chi connectivity index (χ0n) is 24.7. The predicted octanol–water partition coefficient (Wildman–Crippen LogP) is 4.95. The van der Waals surface area contributed by atoms with E-state index in [-0.39, 0.29) is 36.0 Å². The maximum atomic E-state index is 13.7. The lowest BCUT2D eigenvalue weighted by molar-refractivity contribution is -0.120. The van der Waals surface area contributed by atoms with Crippen LogP contribution in [0.25, 0.3) is 12.2 Å². The van der Waals surface area contributed by atoms with Crippen molar-refractivity contribution in [1.82, 2.24) is 4.90 Å². The highest BCUT2D eigenvalue weighted by molar-refractivity contribution is 6.15. The Morgan fingerprint density at radius 2 is 1.40 bits per heavy atom. The average molecular weight is 584 g/mol. The summed E-state index contributed by atoms with van der Waals surface area (Å²) >= 11 is 0. The zero-order valence-corrected chi connectivity index (χ0v) is 24.7. The van der Waals surface area contributed by atoms with E-state index in [0.29, 0.717) is 39.5 Å². The molecule has 224 valence electrons. The average Bonchev–Trinajstić information content (AvgIpc) is 3.00. The number of piperazine rings is 1. The number of carbonyl (C=O) groups excluding carboxylic acids is 2. The first-order valence-electron chi connectivity index (χ1n) is 14.3. The molecule has 1 amide bonds. The first-order chi connectivity index (χ1) is 20.7. The molecule has 2 fully saturated rings. The van der Waals surface area contributed by atoms with Crippen molar-refractivity contribution >= 4 is 35.2 Å². The van der Waals surface area contributed by atoms with Crippen LogP contribution in [0, 0.1) is 5.92 Å². The molecule has 43 heavy (non-hydrogen) atoms. The van der Waals surface area contributed by atoms with E-state index < -0.39 is 5.92 Å². The number of hydrogen-bond donors (Lipinski definition) is 3. The second-order valence-electron chi connectivity index (χ2n) is 11.0. The lowest BCUT2D eigenvalue weighted by Gasteiger charge is -2.34. The van der Waals surface area contributed by atoms with Crippen LogP contribution in [0.4, 0.5) is 11.4 Å². The molecule has 3 aromatic carbocycles. The monoisotopic (exact) mass is 583 g/mol. The summed E-state index contributed by atoms with van der Waals surface area (Å²) < 4.78 is 10.3. The molecule has 2 aliphatic rings. The van der Waals surface area contributed by atoms with E-state index >= 15 is 0 Å². The highest BCUT2D eigenvalue weighted by atomic mass is 16.5. The fraction of sp³-hybridized carbons (Fsp3) is 0.294. The van der Waals surface area contributed by atoms with Crippen molar-refractivity contribution in [3.05, 3.63) is 82.9 Å². The van der Waals surface area contributed by atoms with E-state index in [1.807, 2.05) is 18.2 Å². The maximum Gasteiger partial charge on any atom is 0.228 e. The number of aromatic hydroxyl groups is 2. The van der Waals surface area contributed by atoms with Gasteiger partial charge in [0.15, 0.2) is 28.8 Å². The number of methoxy groups -OCH3 is 2.